The molecule has 0 fully saturated rings. The second-order valence-electron chi connectivity index (χ2n) is 6.95. The third-order valence-electron chi connectivity index (χ3n) is 4.69. The van der Waals surface area contributed by atoms with E-state index in [4.69, 9.17) is 16.3 Å². The van der Waals surface area contributed by atoms with Gasteiger partial charge in [-0.3, -0.25) is 9.89 Å². The number of ether oxygens (including phenoxy) is 1. The molecule has 4 rings (SSSR count). The minimum atomic E-state index is -0.211. The Morgan fingerprint density at radius 1 is 1.07 bits per heavy atom. The van der Waals surface area contributed by atoms with Crippen LogP contribution in [-0.4, -0.2) is 31.9 Å². The number of H-pyrrole nitrogens is 1. The summed E-state index contributed by atoms with van der Waals surface area (Å²) in [5, 5.41) is 4.08. The Balaban J connectivity index is 1.45. The maximum Gasteiger partial charge on any atom is 0.266 e. The average molecular weight is 441 g/mol. The van der Waals surface area contributed by atoms with Gasteiger partial charge in [0.1, 0.15) is 5.75 Å². The zero-order valence-corrected chi connectivity index (χ0v) is 18.3. The topological polar surface area (TPSA) is 72.3 Å². The summed E-state index contributed by atoms with van der Waals surface area (Å²) in [7, 11) is 0. The summed E-state index contributed by atoms with van der Waals surface area (Å²) in [5.74, 6) is 2.23. The molecule has 2 heterocycles. The number of fused-ring (bicyclic) bond motifs is 1. The van der Waals surface area contributed by atoms with Gasteiger partial charge in [0.05, 0.1) is 6.61 Å². The van der Waals surface area contributed by atoms with Gasteiger partial charge in [0.25, 0.3) is 5.56 Å². The van der Waals surface area contributed by atoms with E-state index in [9.17, 15) is 4.79 Å². The van der Waals surface area contributed by atoms with Crippen LogP contribution in [0, 0.1) is 13.8 Å². The third-order valence-corrected chi connectivity index (χ3v) is 5.97. The van der Waals surface area contributed by atoms with Gasteiger partial charge in [-0.25, -0.2) is 14.5 Å². The number of aromatic nitrogens is 4. The summed E-state index contributed by atoms with van der Waals surface area (Å²) in [6, 6.07) is 14.9. The number of halogens is 1. The Morgan fingerprint density at radius 2 is 1.87 bits per heavy atom. The monoisotopic (exact) mass is 440 g/mol. The lowest BCUT2D eigenvalue weighted by atomic mass is 10.1. The number of nitrogens with one attached hydrogen (secondary N) is 1. The number of aryl methyl sites for hydroxylation is 2. The Bertz CT molecular complexity index is 1230. The first-order valence-corrected chi connectivity index (χ1v) is 10.9. The SMILES string of the molecule is Cc1ccc(OCCCSc2nc(-c3ccc(Cl)cc3)nc3cc(=O)[nH]n23)cc1C. The Hall–Kier alpha value is -2.77. The summed E-state index contributed by atoms with van der Waals surface area (Å²) in [4.78, 5) is 21.0. The number of rotatable bonds is 7. The predicted molar refractivity (Wildman–Crippen MR) is 121 cm³/mol. The highest BCUT2D eigenvalue weighted by Crippen LogP contribution is 2.23. The van der Waals surface area contributed by atoms with E-state index in [0.717, 1.165) is 23.5 Å². The van der Waals surface area contributed by atoms with Crippen molar-refractivity contribution in [2.24, 2.45) is 0 Å². The fourth-order valence-electron chi connectivity index (χ4n) is 2.92. The second kappa shape index (κ2) is 8.93. The maximum absolute atomic E-state index is 11.8. The lowest BCUT2D eigenvalue weighted by Crippen LogP contribution is -2.05. The lowest BCUT2D eigenvalue weighted by Gasteiger charge is -2.09. The fourth-order valence-corrected chi connectivity index (χ4v) is 3.91. The van der Waals surface area contributed by atoms with Crippen LogP contribution in [0.3, 0.4) is 0 Å². The lowest BCUT2D eigenvalue weighted by molar-refractivity contribution is 0.318. The molecule has 30 heavy (non-hydrogen) atoms. The predicted octanol–water partition coefficient (Wildman–Crippen LogP) is 4.92. The van der Waals surface area contributed by atoms with Crippen LogP contribution in [0.5, 0.6) is 5.75 Å². The summed E-state index contributed by atoms with van der Waals surface area (Å²) in [6.45, 7) is 4.77. The van der Waals surface area contributed by atoms with Crippen molar-refractivity contribution < 1.29 is 4.74 Å². The van der Waals surface area contributed by atoms with Crippen molar-refractivity contribution in [1.29, 1.82) is 0 Å². The summed E-state index contributed by atoms with van der Waals surface area (Å²) in [6.07, 6.45) is 0.838. The maximum atomic E-state index is 11.8. The molecule has 154 valence electrons. The van der Waals surface area contributed by atoms with Crippen LogP contribution in [0.15, 0.2) is 58.5 Å². The zero-order chi connectivity index (χ0) is 21.1. The van der Waals surface area contributed by atoms with Gasteiger partial charge in [-0.15, -0.1) is 0 Å². The molecule has 6 nitrogen and oxygen atoms in total. The molecule has 0 spiro atoms. The van der Waals surface area contributed by atoms with E-state index in [1.54, 1.807) is 28.4 Å². The minimum Gasteiger partial charge on any atom is -0.494 e. The molecule has 0 bridgehead atoms. The molecule has 8 heteroatoms. The quantitative estimate of drug-likeness (QED) is 0.326. The van der Waals surface area contributed by atoms with Gasteiger partial charge in [-0.1, -0.05) is 29.4 Å². The van der Waals surface area contributed by atoms with Crippen LogP contribution in [0.2, 0.25) is 5.02 Å². The van der Waals surface area contributed by atoms with E-state index in [0.29, 0.717) is 28.3 Å². The van der Waals surface area contributed by atoms with E-state index < -0.39 is 0 Å². The molecular formula is C22H21ClN4O2S. The first-order valence-electron chi connectivity index (χ1n) is 9.58. The van der Waals surface area contributed by atoms with Crippen LogP contribution >= 0.6 is 23.4 Å². The largest absolute Gasteiger partial charge is 0.494 e. The van der Waals surface area contributed by atoms with Crippen LogP contribution < -0.4 is 10.3 Å². The summed E-state index contributed by atoms with van der Waals surface area (Å²) in [5.41, 5.74) is 3.64. The molecule has 0 aliphatic rings. The highest BCUT2D eigenvalue weighted by molar-refractivity contribution is 7.99. The van der Waals surface area contributed by atoms with Crippen molar-refractivity contribution in [3.8, 4) is 17.1 Å². The van der Waals surface area contributed by atoms with Gasteiger partial charge in [0.2, 0.25) is 0 Å². The highest BCUT2D eigenvalue weighted by atomic mass is 35.5. The average Bonchev–Trinajstić information content (AvgIpc) is 3.11. The van der Waals surface area contributed by atoms with Crippen molar-refractivity contribution in [3.63, 3.8) is 0 Å². The second-order valence-corrected chi connectivity index (χ2v) is 8.45. The fraction of sp³-hybridized carbons (Fsp3) is 0.227. The molecular weight excluding hydrogens is 420 g/mol. The van der Waals surface area contributed by atoms with Gasteiger partial charge in [-0.05, 0) is 67.8 Å². The van der Waals surface area contributed by atoms with E-state index in [1.807, 2.05) is 18.2 Å². The van der Waals surface area contributed by atoms with Crippen LogP contribution in [0.4, 0.5) is 0 Å². The number of thioether (sulfide) groups is 1. The number of aromatic amines is 1. The van der Waals surface area contributed by atoms with Crippen LogP contribution in [0.25, 0.3) is 17.0 Å². The number of hydrogen-bond acceptors (Lipinski definition) is 5. The van der Waals surface area contributed by atoms with Crippen molar-refractivity contribution in [1.82, 2.24) is 19.6 Å². The first kappa shape index (κ1) is 20.5. The molecule has 0 atom stereocenters. The molecule has 2 aromatic heterocycles. The molecule has 0 amide bonds. The Morgan fingerprint density at radius 3 is 2.63 bits per heavy atom. The summed E-state index contributed by atoms with van der Waals surface area (Å²) < 4.78 is 7.47. The molecule has 4 aromatic rings. The minimum absolute atomic E-state index is 0.211. The molecule has 2 aromatic carbocycles. The smallest absolute Gasteiger partial charge is 0.266 e. The number of benzene rings is 2. The van der Waals surface area contributed by atoms with Gasteiger partial charge < -0.3 is 4.74 Å². The van der Waals surface area contributed by atoms with Crippen LogP contribution in [0.1, 0.15) is 17.5 Å². The van der Waals surface area contributed by atoms with E-state index in [-0.39, 0.29) is 5.56 Å². The number of nitrogens with zero attached hydrogens (tertiary/aromatic N) is 3. The van der Waals surface area contributed by atoms with Crippen molar-refractivity contribution in [3.05, 3.63) is 75.0 Å². The highest BCUT2D eigenvalue weighted by Gasteiger charge is 2.11. The van der Waals surface area contributed by atoms with Gasteiger partial charge in [0.15, 0.2) is 16.6 Å². The molecule has 0 aliphatic carbocycles. The van der Waals surface area contributed by atoms with Crippen molar-refractivity contribution >= 4 is 29.0 Å². The van der Waals surface area contributed by atoms with Gasteiger partial charge >= 0.3 is 0 Å². The molecule has 0 radical (unpaired) electrons. The molecule has 0 saturated carbocycles. The first-order chi connectivity index (χ1) is 14.5. The number of hydrogen-bond donors (Lipinski definition) is 1. The Kier molecular flexibility index (Phi) is 6.11. The Labute approximate surface area is 183 Å². The summed E-state index contributed by atoms with van der Waals surface area (Å²) >= 11 is 7.53. The van der Waals surface area contributed by atoms with E-state index >= 15 is 0 Å². The standard InChI is InChI=1S/C22H21ClN4O2S/c1-14-4-9-18(12-15(14)2)29-10-3-11-30-22-25-21(16-5-7-17(23)8-6-16)24-19-13-20(28)26-27(19)22/h4-9,12-13H,3,10-11H2,1-2H3,(H,26,28). The van der Waals surface area contributed by atoms with E-state index in [2.05, 4.69) is 41.0 Å². The molecule has 0 saturated heterocycles. The van der Waals surface area contributed by atoms with Crippen molar-refractivity contribution in [2.45, 2.75) is 25.4 Å². The molecule has 0 unspecified atom stereocenters. The normalized spacial score (nSPS) is 11.2. The van der Waals surface area contributed by atoms with Crippen molar-refractivity contribution in [2.75, 3.05) is 12.4 Å². The van der Waals surface area contributed by atoms with Gasteiger partial charge in [0, 0.05) is 22.4 Å². The molecule has 1 N–H and O–H groups in total. The third kappa shape index (κ3) is 4.68. The van der Waals surface area contributed by atoms with E-state index in [1.165, 1.54) is 17.2 Å². The van der Waals surface area contributed by atoms with Gasteiger partial charge in [-0.2, -0.15) is 0 Å². The van der Waals surface area contributed by atoms with Crippen LogP contribution in [-0.2, 0) is 0 Å². The molecule has 0 aliphatic heterocycles. The zero-order valence-electron chi connectivity index (χ0n) is 16.7.